The molecule has 1 N–H and O–H groups in total. The van der Waals surface area contributed by atoms with E-state index in [1.54, 1.807) is 25.1 Å². The predicted octanol–water partition coefficient (Wildman–Crippen LogP) is 7.64. The first-order valence-electron chi connectivity index (χ1n) is 10.7. The third-order valence-electron chi connectivity index (χ3n) is 5.39. The van der Waals surface area contributed by atoms with Crippen LogP contribution in [0.1, 0.15) is 37.8 Å². The van der Waals surface area contributed by atoms with Crippen LogP contribution in [0, 0.1) is 6.92 Å². The van der Waals surface area contributed by atoms with Crippen LogP contribution in [0.2, 0.25) is 10.0 Å². The molecule has 0 spiro atoms. The number of hydrogen-bond donors (Lipinski definition) is 1. The smallest absolute Gasteiger partial charge is 0.265 e. The summed E-state index contributed by atoms with van der Waals surface area (Å²) in [5.74, 6) is 0.989. The number of fused-ring (bicyclic) bond motifs is 1. The van der Waals surface area contributed by atoms with Gasteiger partial charge in [-0.15, -0.1) is 0 Å². The quantitative estimate of drug-likeness (QED) is 0.306. The molecule has 1 unspecified atom stereocenters. The molecule has 0 fully saturated rings. The SMILES string of the molecule is Cc1ccc(-c2nc3cc(C(C)C)ccc3o2)cc1NC(=O)C(C)Oc1ccc(Cl)cc1Cl. The van der Waals surface area contributed by atoms with Gasteiger partial charge in [0.2, 0.25) is 5.89 Å². The Morgan fingerprint density at radius 3 is 2.55 bits per heavy atom. The van der Waals surface area contributed by atoms with Gasteiger partial charge in [-0.1, -0.05) is 49.2 Å². The molecule has 0 saturated carbocycles. The first-order chi connectivity index (χ1) is 15.7. The summed E-state index contributed by atoms with van der Waals surface area (Å²) >= 11 is 12.1. The summed E-state index contributed by atoms with van der Waals surface area (Å²) in [4.78, 5) is 17.4. The number of anilines is 1. The molecule has 1 amide bonds. The highest BCUT2D eigenvalue weighted by Crippen LogP contribution is 2.31. The second-order valence-corrected chi connectivity index (χ2v) is 9.10. The van der Waals surface area contributed by atoms with Gasteiger partial charge < -0.3 is 14.5 Å². The Labute approximate surface area is 202 Å². The molecule has 5 nitrogen and oxygen atoms in total. The minimum atomic E-state index is -0.773. The highest BCUT2D eigenvalue weighted by Gasteiger charge is 2.18. The van der Waals surface area contributed by atoms with E-state index in [0.717, 1.165) is 22.2 Å². The normalized spacial score (nSPS) is 12.2. The van der Waals surface area contributed by atoms with Gasteiger partial charge in [-0.25, -0.2) is 4.98 Å². The van der Waals surface area contributed by atoms with E-state index in [1.165, 1.54) is 5.56 Å². The minimum absolute atomic E-state index is 0.305. The lowest BCUT2D eigenvalue weighted by atomic mass is 10.0. The van der Waals surface area contributed by atoms with E-state index in [9.17, 15) is 4.79 Å². The summed E-state index contributed by atoms with van der Waals surface area (Å²) in [6.07, 6.45) is -0.773. The molecule has 4 aromatic rings. The third-order valence-corrected chi connectivity index (χ3v) is 5.92. The number of nitrogens with zero attached hydrogens (tertiary/aromatic N) is 1. The Bertz CT molecular complexity index is 1330. The van der Waals surface area contributed by atoms with Gasteiger partial charge >= 0.3 is 0 Å². The van der Waals surface area contributed by atoms with Crippen LogP contribution in [-0.2, 0) is 4.79 Å². The van der Waals surface area contributed by atoms with Gasteiger partial charge in [0.1, 0.15) is 11.3 Å². The summed E-state index contributed by atoms with van der Waals surface area (Å²) in [5.41, 5.74) is 5.07. The van der Waals surface area contributed by atoms with Crippen LogP contribution < -0.4 is 10.1 Å². The van der Waals surface area contributed by atoms with Crippen LogP contribution in [-0.4, -0.2) is 17.0 Å². The van der Waals surface area contributed by atoms with E-state index in [-0.39, 0.29) is 5.91 Å². The molecule has 0 saturated heterocycles. The van der Waals surface area contributed by atoms with Crippen molar-refractivity contribution in [3.63, 3.8) is 0 Å². The third kappa shape index (κ3) is 5.15. The Hall–Kier alpha value is -3.02. The van der Waals surface area contributed by atoms with Gasteiger partial charge in [0.15, 0.2) is 11.7 Å². The highest BCUT2D eigenvalue weighted by atomic mass is 35.5. The number of aromatic nitrogens is 1. The maximum Gasteiger partial charge on any atom is 0.265 e. The largest absolute Gasteiger partial charge is 0.479 e. The number of nitrogens with one attached hydrogen (secondary N) is 1. The van der Waals surface area contributed by atoms with E-state index in [4.69, 9.17) is 32.4 Å². The van der Waals surface area contributed by atoms with Crippen molar-refractivity contribution in [1.29, 1.82) is 0 Å². The molecule has 1 aromatic heterocycles. The molecule has 0 aliphatic carbocycles. The van der Waals surface area contributed by atoms with Crippen molar-refractivity contribution < 1.29 is 13.9 Å². The predicted molar refractivity (Wildman–Crippen MR) is 133 cm³/mol. The summed E-state index contributed by atoms with van der Waals surface area (Å²) in [7, 11) is 0. The summed E-state index contributed by atoms with van der Waals surface area (Å²) < 4.78 is 11.7. The van der Waals surface area contributed by atoms with Crippen LogP contribution in [0.4, 0.5) is 5.69 Å². The zero-order valence-electron chi connectivity index (χ0n) is 18.8. The van der Waals surface area contributed by atoms with Gasteiger partial charge in [-0.3, -0.25) is 4.79 Å². The van der Waals surface area contributed by atoms with Crippen LogP contribution in [0.3, 0.4) is 0 Å². The lowest BCUT2D eigenvalue weighted by Gasteiger charge is -2.17. The van der Waals surface area contributed by atoms with Crippen molar-refractivity contribution in [1.82, 2.24) is 4.98 Å². The van der Waals surface area contributed by atoms with Crippen LogP contribution >= 0.6 is 23.2 Å². The molecule has 4 rings (SSSR count). The second-order valence-electron chi connectivity index (χ2n) is 8.25. The average molecular weight is 483 g/mol. The van der Waals surface area contributed by atoms with Gasteiger partial charge in [-0.2, -0.15) is 0 Å². The van der Waals surface area contributed by atoms with Crippen molar-refractivity contribution >= 4 is 45.9 Å². The van der Waals surface area contributed by atoms with Crippen molar-refractivity contribution in [3.8, 4) is 17.2 Å². The van der Waals surface area contributed by atoms with E-state index in [0.29, 0.717) is 33.3 Å². The molecule has 1 atom stereocenters. The maximum absolute atomic E-state index is 12.8. The number of rotatable bonds is 6. The van der Waals surface area contributed by atoms with E-state index < -0.39 is 6.10 Å². The first-order valence-corrected chi connectivity index (χ1v) is 11.4. The minimum Gasteiger partial charge on any atom is -0.479 e. The number of benzene rings is 3. The monoisotopic (exact) mass is 482 g/mol. The van der Waals surface area contributed by atoms with Crippen LogP contribution in [0.15, 0.2) is 59.0 Å². The molecule has 170 valence electrons. The Kier molecular flexibility index (Phi) is 6.63. The lowest BCUT2D eigenvalue weighted by molar-refractivity contribution is -0.122. The number of carbonyl (C=O) groups is 1. The molecule has 0 aliphatic heterocycles. The number of hydrogen-bond acceptors (Lipinski definition) is 4. The summed E-state index contributed by atoms with van der Waals surface area (Å²) in [5, 5.41) is 3.77. The number of carbonyl (C=O) groups excluding carboxylic acids is 1. The standard InChI is InChI=1S/C26H24Cl2N2O3/c1-14(2)17-7-9-24-22(11-17)30-26(33-24)18-6-5-15(3)21(12-18)29-25(31)16(4)32-23-10-8-19(27)13-20(23)28/h5-14,16H,1-4H3,(H,29,31). The fourth-order valence-corrected chi connectivity index (χ4v) is 3.82. The molecule has 0 radical (unpaired) electrons. The molecule has 3 aromatic carbocycles. The Morgan fingerprint density at radius 1 is 1.03 bits per heavy atom. The van der Waals surface area contributed by atoms with E-state index in [1.807, 2.05) is 37.3 Å². The molecule has 33 heavy (non-hydrogen) atoms. The molecular weight excluding hydrogens is 459 g/mol. The zero-order valence-corrected chi connectivity index (χ0v) is 20.3. The molecule has 0 aliphatic rings. The number of aryl methyl sites for hydroxylation is 1. The molecule has 0 bridgehead atoms. The van der Waals surface area contributed by atoms with E-state index >= 15 is 0 Å². The van der Waals surface area contributed by atoms with Crippen molar-refractivity contribution in [2.75, 3.05) is 5.32 Å². The highest BCUT2D eigenvalue weighted by molar-refractivity contribution is 6.35. The number of oxazole rings is 1. The summed E-state index contributed by atoms with van der Waals surface area (Å²) in [6, 6.07) is 16.6. The summed E-state index contributed by atoms with van der Waals surface area (Å²) in [6.45, 7) is 7.86. The number of amides is 1. The first kappa shape index (κ1) is 23.1. The molecule has 1 heterocycles. The lowest BCUT2D eigenvalue weighted by Crippen LogP contribution is -2.30. The average Bonchev–Trinajstić information content (AvgIpc) is 3.20. The maximum atomic E-state index is 12.8. The fraction of sp³-hybridized carbons (Fsp3) is 0.231. The van der Waals surface area contributed by atoms with Gasteiger partial charge in [-0.05, 0) is 73.4 Å². The van der Waals surface area contributed by atoms with Crippen LogP contribution in [0.25, 0.3) is 22.6 Å². The topological polar surface area (TPSA) is 64.4 Å². The van der Waals surface area contributed by atoms with E-state index in [2.05, 4.69) is 30.2 Å². The zero-order chi connectivity index (χ0) is 23.7. The Morgan fingerprint density at radius 2 is 1.82 bits per heavy atom. The second kappa shape index (κ2) is 9.46. The van der Waals surface area contributed by atoms with Crippen molar-refractivity contribution in [3.05, 3.63) is 75.8 Å². The van der Waals surface area contributed by atoms with Gasteiger partial charge in [0.05, 0.1) is 5.02 Å². The molecule has 7 heteroatoms. The number of ether oxygens (including phenoxy) is 1. The molecular formula is C26H24Cl2N2O3. The van der Waals surface area contributed by atoms with Gasteiger partial charge in [0.25, 0.3) is 5.91 Å². The van der Waals surface area contributed by atoms with Crippen molar-refractivity contribution in [2.24, 2.45) is 0 Å². The van der Waals surface area contributed by atoms with Crippen molar-refractivity contribution in [2.45, 2.75) is 39.7 Å². The number of halogens is 2. The Balaban J connectivity index is 1.54. The van der Waals surface area contributed by atoms with Crippen LogP contribution in [0.5, 0.6) is 5.75 Å². The van der Waals surface area contributed by atoms with Gasteiger partial charge in [0, 0.05) is 16.3 Å². The fourth-order valence-electron chi connectivity index (χ4n) is 3.37.